The van der Waals surface area contributed by atoms with Crippen molar-refractivity contribution >= 4 is 17.4 Å². The van der Waals surface area contributed by atoms with Crippen LogP contribution in [0.2, 0.25) is 5.28 Å². The van der Waals surface area contributed by atoms with Gasteiger partial charge in [0.25, 0.3) is 0 Å². The monoisotopic (exact) mass is 301 g/mol. The number of hydrogen-bond donors (Lipinski definition) is 1. The van der Waals surface area contributed by atoms with Gasteiger partial charge in [-0.2, -0.15) is 13.2 Å². The summed E-state index contributed by atoms with van der Waals surface area (Å²) in [7, 11) is 0. The molecule has 1 aromatic heterocycles. The first-order valence-corrected chi connectivity index (χ1v) is 6.22. The van der Waals surface area contributed by atoms with E-state index in [4.69, 9.17) is 11.6 Å². The van der Waals surface area contributed by atoms with Gasteiger partial charge in [-0.1, -0.05) is 30.3 Å². The Morgan fingerprint density at radius 2 is 1.80 bits per heavy atom. The number of hydrogen-bond acceptors (Lipinski definition) is 3. The Kier molecular flexibility index (Phi) is 4.44. The van der Waals surface area contributed by atoms with Gasteiger partial charge in [-0.05, 0) is 23.6 Å². The molecule has 3 nitrogen and oxygen atoms in total. The van der Waals surface area contributed by atoms with Crippen molar-refractivity contribution in [1.29, 1.82) is 0 Å². The SMILES string of the molecule is FC(F)(F)c1cc(NCCc2ccccc2)nc(Cl)n1. The lowest BCUT2D eigenvalue weighted by molar-refractivity contribution is -0.141. The summed E-state index contributed by atoms with van der Waals surface area (Å²) in [5.41, 5.74) is 0.0240. The van der Waals surface area contributed by atoms with E-state index >= 15 is 0 Å². The van der Waals surface area contributed by atoms with Gasteiger partial charge in [-0.25, -0.2) is 9.97 Å². The molecule has 0 bridgehead atoms. The summed E-state index contributed by atoms with van der Waals surface area (Å²) in [6.07, 6.45) is -3.87. The zero-order valence-electron chi connectivity index (χ0n) is 10.3. The third-order valence-corrected chi connectivity index (χ3v) is 2.72. The van der Waals surface area contributed by atoms with E-state index in [2.05, 4.69) is 15.3 Å². The number of rotatable bonds is 4. The van der Waals surface area contributed by atoms with Crippen molar-refractivity contribution in [3.8, 4) is 0 Å². The zero-order valence-corrected chi connectivity index (χ0v) is 11.0. The predicted molar refractivity (Wildman–Crippen MR) is 70.7 cm³/mol. The molecular formula is C13H11ClF3N3. The first-order valence-electron chi connectivity index (χ1n) is 5.85. The molecular weight excluding hydrogens is 291 g/mol. The molecule has 0 amide bonds. The van der Waals surface area contributed by atoms with Crippen molar-refractivity contribution in [3.63, 3.8) is 0 Å². The van der Waals surface area contributed by atoms with Crippen LogP contribution in [-0.4, -0.2) is 16.5 Å². The Balaban J connectivity index is 2.01. The summed E-state index contributed by atoms with van der Waals surface area (Å²) in [6, 6.07) is 10.4. The normalized spacial score (nSPS) is 11.4. The maximum Gasteiger partial charge on any atom is 0.433 e. The second-order valence-electron chi connectivity index (χ2n) is 4.07. The summed E-state index contributed by atoms with van der Waals surface area (Å²) in [6.45, 7) is 0.453. The van der Waals surface area contributed by atoms with Gasteiger partial charge in [0.15, 0.2) is 5.69 Å². The molecule has 0 aliphatic carbocycles. The van der Waals surface area contributed by atoms with Crippen molar-refractivity contribution in [2.24, 2.45) is 0 Å². The molecule has 0 aliphatic heterocycles. The van der Waals surface area contributed by atoms with Crippen LogP contribution in [0.3, 0.4) is 0 Å². The molecule has 0 saturated heterocycles. The van der Waals surface area contributed by atoms with Crippen LogP contribution in [0.4, 0.5) is 19.0 Å². The number of alkyl halides is 3. The van der Waals surface area contributed by atoms with Crippen LogP contribution in [0.5, 0.6) is 0 Å². The van der Waals surface area contributed by atoms with Gasteiger partial charge in [-0.15, -0.1) is 0 Å². The largest absolute Gasteiger partial charge is 0.433 e. The lowest BCUT2D eigenvalue weighted by Gasteiger charge is -2.09. The fourth-order valence-corrected chi connectivity index (χ4v) is 1.82. The van der Waals surface area contributed by atoms with Crippen LogP contribution >= 0.6 is 11.6 Å². The summed E-state index contributed by atoms with van der Waals surface area (Å²) in [5, 5.41) is 2.38. The van der Waals surface area contributed by atoms with Gasteiger partial charge in [0.2, 0.25) is 5.28 Å². The Hall–Kier alpha value is -1.82. The number of halogens is 4. The van der Waals surface area contributed by atoms with Gasteiger partial charge in [0, 0.05) is 12.6 Å². The van der Waals surface area contributed by atoms with Crippen molar-refractivity contribution in [2.45, 2.75) is 12.6 Å². The molecule has 0 spiro atoms. The number of nitrogens with zero attached hydrogens (tertiary/aromatic N) is 2. The lowest BCUT2D eigenvalue weighted by atomic mass is 10.1. The number of aromatic nitrogens is 2. The maximum absolute atomic E-state index is 12.6. The van der Waals surface area contributed by atoms with Crippen LogP contribution in [0.1, 0.15) is 11.3 Å². The van der Waals surface area contributed by atoms with E-state index in [0.717, 1.165) is 11.6 Å². The summed E-state index contributed by atoms with van der Waals surface area (Å²) >= 11 is 5.49. The summed E-state index contributed by atoms with van der Waals surface area (Å²) in [4.78, 5) is 6.88. The second kappa shape index (κ2) is 6.09. The van der Waals surface area contributed by atoms with Crippen LogP contribution < -0.4 is 5.32 Å². The molecule has 2 rings (SSSR count). The first-order chi connectivity index (χ1) is 9.45. The fourth-order valence-electron chi connectivity index (χ4n) is 1.63. The zero-order chi connectivity index (χ0) is 14.6. The number of nitrogens with one attached hydrogen (secondary N) is 1. The van der Waals surface area contributed by atoms with E-state index in [0.29, 0.717) is 13.0 Å². The van der Waals surface area contributed by atoms with E-state index in [-0.39, 0.29) is 5.82 Å². The molecule has 2 aromatic rings. The van der Waals surface area contributed by atoms with Crippen LogP contribution in [0, 0.1) is 0 Å². The van der Waals surface area contributed by atoms with Gasteiger partial charge in [-0.3, -0.25) is 0 Å². The average molecular weight is 302 g/mol. The maximum atomic E-state index is 12.6. The topological polar surface area (TPSA) is 37.8 Å². The lowest BCUT2D eigenvalue weighted by Crippen LogP contribution is -2.12. The molecule has 0 fully saturated rings. The Morgan fingerprint density at radius 3 is 2.45 bits per heavy atom. The van der Waals surface area contributed by atoms with Gasteiger partial charge < -0.3 is 5.32 Å². The molecule has 1 heterocycles. The highest BCUT2D eigenvalue weighted by atomic mass is 35.5. The van der Waals surface area contributed by atoms with E-state index in [1.165, 1.54) is 0 Å². The van der Waals surface area contributed by atoms with Crippen molar-refractivity contribution in [1.82, 2.24) is 9.97 Å². The fraction of sp³-hybridized carbons (Fsp3) is 0.231. The molecule has 0 unspecified atom stereocenters. The third-order valence-electron chi connectivity index (χ3n) is 2.55. The van der Waals surface area contributed by atoms with Crippen molar-refractivity contribution in [2.75, 3.05) is 11.9 Å². The molecule has 0 aliphatic rings. The Bertz CT molecular complexity index is 573. The average Bonchev–Trinajstić information content (AvgIpc) is 2.38. The molecule has 0 atom stereocenters. The van der Waals surface area contributed by atoms with Crippen molar-refractivity contribution < 1.29 is 13.2 Å². The summed E-state index contributed by atoms with van der Waals surface area (Å²) in [5.74, 6) is 0.0632. The molecule has 1 aromatic carbocycles. The highest BCUT2D eigenvalue weighted by Crippen LogP contribution is 2.29. The quantitative estimate of drug-likeness (QED) is 0.873. The number of benzene rings is 1. The highest BCUT2D eigenvalue weighted by Gasteiger charge is 2.33. The molecule has 20 heavy (non-hydrogen) atoms. The molecule has 106 valence electrons. The van der Waals surface area contributed by atoms with Crippen LogP contribution in [0.25, 0.3) is 0 Å². The van der Waals surface area contributed by atoms with E-state index in [9.17, 15) is 13.2 Å². The molecule has 0 saturated carbocycles. The van der Waals surface area contributed by atoms with Crippen LogP contribution in [0.15, 0.2) is 36.4 Å². The van der Waals surface area contributed by atoms with Gasteiger partial charge in [0.05, 0.1) is 0 Å². The van der Waals surface area contributed by atoms with E-state index < -0.39 is 17.2 Å². The van der Waals surface area contributed by atoms with E-state index in [1.54, 1.807) is 0 Å². The second-order valence-corrected chi connectivity index (χ2v) is 4.41. The predicted octanol–water partition coefficient (Wildman–Crippen LogP) is 3.80. The molecule has 1 N–H and O–H groups in total. The van der Waals surface area contributed by atoms with Gasteiger partial charge >= 0.3 is 6.18 Å². The smallest absolute Gasteiger partial charge is 0.370 e. The summed E-state index contributed by atoms with van der Waals surface area (Å²) < 4.78 is 37.7. The van der Waals surface area contributed by atoms with Crippen LogP contribution in [-0.2, 0) is 12.6 Å². The third kappa shape index (κ3) is 4.09. The Morgan fingerprint density at radius 1 is 1.10 bits per heavy atom. The highest BCUT2D eigenvalue weighted by molar-refractivity contribution is 6.28. The first kappa shape index (κ1) is 14.6. The Labute approximate surface area is 118 Å². The molecule has 0 radical (unpaired) electrons. The van der Waals surface area contributed by atoms with Crippen molar-refractivity contribution in [3.05, 3.63) is 52.9 Å². The minimum absolute atomic E-state index is 0.0632. The standard InChI is InChI=1S/C13H11ClF3N3/c14-12-19-10(13(15,16)17)8-11(20-12)18-7-6-9-4-2-1-3-5-9/h1-5,8H,6-7H2,(H,18,19,20). The number of anilines is 1. The molecule has 7 heteroatoms. The minimum atomic E-state index is -4.54. The van der Waals surface area contributed by atoms with Gasteiger partial charge in [0.1, 0.15) is 5.82 Å². The van der Waals surface area contributed by atoms with E-state index in [1.807, 2.05) is 30.3 Å². The minimum Gasteiger partial charge on any atom is -0.370 e.